The molecule has 0 radical (unpaired) electrons. The second-order valence-corrected chi connectivity index (χ2v) is 10.1. The average molecular weight is 542 g/mol. The van der Waals surface area contributed by atoms with Gasteiger partial charge in [0, 0.05) is 21.7 Å². The van der Waals surface area contributed by atoms with Crippen LogP contribution in [0.25, 0.3) is 0 Å². The Morgan fingerprint density at radius 3 is 2.79 bits per heavy atom. The van der Waals surface area contributed by atoms with Gasteiger partial charge in [-0.15, -0.1) is 11.3 Å². The van der Waals surface area contributed by atoms with Gasteiger partial charge < -0.3 is 15.4 Å². The lowest BCUT2D eigenvalue weighted by atomic mass is 10.1. The highest BCUT2D eigenvalue weighted by Crippen LogP contribution is 2.38. The molecule has 0 aliphatic heterocycles. The third-order valence-corrected chi connectivity index (χ3v) is 7.50. The van der Waals surface area contributed by atoms with Gasteiger partial charge in [0.05, 0.1) is 18.7 Å². The van der Waals surface area contributed by atoms with Gasteiger partial charge in [-0.2, -0.15) is 5.10 Å². The number of nitrogens with one attached hydrogen (secondary N) is 2. The van der Waals surface area contributed by atoms with Crippen LogP contribution in [0.2, 0.25) is 10.0 Å². The molecule has 0 saturated carbocycles. The maximum absolute atomic E-state index is 14.1. The van der Waals surface area contributed by atoms with Crippen LogP contribution in [0.4, 0.5) is 15.2 Å². The fraction of sp³-hybridized carbons (Fsp3) is 0.348. The Hall–Kier alpha value is -2.20. The Kier molecular flexibility index (Phi) is 8.08. The second-order valence-electron chi connectivity index (χ2n) is 7.79. The summed E-state index contributed by atoms with van der Waals surface area (Å²) in [6, 6.07) is 4.50. The van der Waals surface area contributed by atoms with Crippen LogP contribution in [-0.4, -0.2) is 27.5 Å². The fourth-order valence-corrected chi connectivity index (χ4v) is 5.87. The molecule has 1 aliphatic carbocycles. The normalized spacial score (nSPS) is 13.2. The molecule has 3 aromatic rings. The first kappa shape index (κ1) is 24.9. The molecule has 34 heavy (non-hydrogen) atoms. The van der Waals surface area contributed by atoms with Gasteiger partial charge in [0.15, 0.2) is 10.9 Å². The van der Waals surface area contributed by atoms with E-state index in [1.54, 1.807) is 25.3 Å². The minimum Gasteiger partial charge on any atom is -0.462 e. The van der Waals surface area contributed by atoms with E-state index < -0.39 is 5.82 Å². The van der Waals surface area contributed by atoms with Crippen molar-refractivity contribution >= 4 is 68.7 Å². The molecule has 0 spiro atoms. The minimum atomic E-state index is -0.422. The fourth-order valence-electron chi connectivity index (χ4n) is 3.90. The zero-order valence-electron chi connectivity index (χ0n) is 18.4. The molecule has 0 saturated heterocycles. The molecule has 0 fully saturated rings. The number of hydrogen-bond donors (Lipinski definition) is 2. The molecule has 1 aliphatic rings. The van der Waals surface area contributed by atoms with E-state index in [0.717, 1.165) is 37.7 Å². The average Bonchev–Trinajstić information content (AvgIpc) is 3.20. The van der Waals surface area contributed by atoms with Gasteiger partial charge in [0.2, 0.25) is 0 Å². The number of aryl methyl sites for hydroxylation is 1. The molecule has 11 heteroatoms. The van der Waals surface area contributed by atoms with Crippen molar-refractivity contribution in [1.29, 1.82) is 0 Å². The lowest BCUT2D eigenvalue weighted by Gasteiger charge is -2.11. The number of anilines is 2. The molecule has 4 rings (SSSR count). The molecule has 2 N–H and O–H groups in total. The van der Waals surface area contributed by atoms with Crippen LogP contribution < -0.4 is 10.6 Å². The third kappa shape index (κ3) is 5.54. The zero-order valence-corrected chi connectivity index (χ0v) is 21.6. The number of carbonyl (C=O) groups excluding carboxylic acids is 1. The number of nitrogens with zero attached hydrogens (tertiary/aromatic N) is 2. The van der Waals surface area contributed by atoms with Gasteiger partial charge >= 0.3 is 5.97 Å². The standard InChI is InChI=1S/C23H23Cl2FN4O2S2/c1-2-32-22(31)19-13-7-4-3-5-10-18(13)34-21(19)28-23(33)27-20-16(25)12-30(29-20)11-14-15(24)8-6-9-17(14)26/h6,8-9,12H,2-5,7,10-11H2,1H3,(H2,27,28,29,33). The van der Waals surface area contributed by atoms with Crippen molar-refractivity contribution < 1.29 is 13.9 Å². The molecule has 2 heterocycles. The quantitative estimate of drug-likeness (QED) is 0.206. The summed E-state index contributed by atoms with van der Waals surface area (Å²) < 4.78 is 20.9. The zero-order chi connectivity index (χ0) is 24.2. The molecular weight excluding hydrogens is 518 g/mol. The highest BCUT2D eigenvalue weighted by Gasteiger charge is 2.26. The summed E-state index contributed by atoms with van der Waals surface area (Å²) in [7, 11) is 0. The van der Waals surface area contributed by atoms with E-state index in [2.05, 4.69) is 15.7 Å². The van der Waals surface area contributed by atoms with Crippen LogP contribution in [0.3, 0.4) is 0 Å². The second kappa shape index (κ2) is 11.0. The van der Waals surface area contributed by atoms with E-state index in [9.17, 15) is 9.18 Å². The van der Waals surface area contributed by atoms with Crippen LogP contribution in [-0.2, 0) is 24.1 Å². The summed E-state index contributed by atoms with van der Waals surface area (Å²) >= 11 is 19.5. The first-order valence-corrected chi connectivity index (χ1v) is 12.9. The van der Waals surface area contributed by atoms with E-state index in [1.165, 1.54) is 27.0 Å². The van der Waals surface area contributed by atoms with Gasteiger partial charge in [-0.05, 0) is 62.5 Å². The SMILES string of the molecule is CCOC(=O)c1c(NC(=S)Nc2nn(Cc3c(F)cccc3Cl)cc2Cl)sc2c1CCCCC2. The van der Waals surface area contributed by atoms with Gasteiger partial charge in [0.1, 0.15) is 15.8 Å². The predicted molar refractivity (Wildman–Crippen MR) is 139 cm³/mol. The van der Waals surface area contributed by atoms with Crippen LogP contribution in [0.1, 0.15) is 52.5 Å². The van der Waals surface area contributed by atoms with Crippen molar-refractivity contribution in [3.8, 4) is 0 Å². The molecular formula is C23H23Cl2FN4O2S2. The van der Waals surface area contributed by atoms with Crippen molar-refractivity contribution in [1.82, 2.24) is 9.78 Å². The molecule has 0 atom stereocenters. The van der Waals surface area contributed by atoms with E-state index >= 15 is 0 Å². The maximum Gasteiger partial charge on any atom is 0.341 e. The minimum absolute atomic E-state index is 0.109. The van der Waals surface area contributed by atoms with Gasteiger partial charge in [-0.3, -0.25) is 4.68 Å². The highest BCUT2D eigenvalue weighted by atomic mass is 35.5. The lowest BCUT2D eigenvalue weighted by molar-refractivity contribution is 0.0527. The number of aromatic nitrogens is 2. The molecule has 6 nitrogen and oxygen atoms in total. The van der Waals surface area contributed by atoms with E-state index in [-0.39, 0.29) is 17.6 Å². The third-order valence-electron chi connectivity index (χ3n) is 5.46. The smallest absolute Gasteiger partial charge is 0.341 e. The Morgan fingerprint density at radius 1 is 1.24 bits per heavy atom. The van der Waals surface area contributed by atoms with Crippen molar-refractivity contribution in [3.05, 3.63) is 61.8 Å². The molecule has 1 aromatic carbocycles. The highest BCUT2D eigenvalue weighted by molar-refractivity contribution is 7.80. The number of thiocarbonyl (C=S) groups is 1. The maximum atomic E-state index is 14.1. The summed E-state index contributed by atoms with van der Waals surface area (Å²) in [4.78, 5) is 13.9. The largest absolute Gasteiger partial charge is 0.462 e. The molecule has 0 unspecified atom stereocenters. The number of hydrogen-bond acceptors (Lipinski definition) is 5. The van der Waals surface area contributed by atoms with Gasteiger partial charge in [-0.25, -0.2) is 9.18 Å². The van der Waals surface area contributed by atoms with Crippen molar-refractivity contribution in [2.45, 2.75) is 45.6 Å². The van der Waals surface area contributed by atoms with Crippen LogP contribution in [0.15, 0.2) is 24.4 Å². The lowest BCUT2D eigenvalue weighted by Crippen LogP contribution is -2.21. The summed E-state index contributed by atoms with van der Waals surface area (Å²) in [5.41, 5.74) is 1.92. The Balaban J connectivity index is 1.52. The molecule has 0 amide bonds. The molecule has 0 bridgehead atoms. The molecule has 180 valence electrons. The Morgan fingerprint density at radius 2 is 2.03 bits per heavy atom. The first-order chi connectivity index (χ1) is 16.4. The van der Waals surface area contributed by atoms with E-state index in [1.807, 2.05) is 0 Å². The number of fused-ring (bicyclic) bond motifs is 1. The van der Waals surface area contributed by atoms with Gasteiger partial charge in [0.25, 0.3) is 0 Å². The van der Waals surface area contributed by atoms with Crippen LogP contribution in [0.5, 0.6) is 0 Å². The number of esters is 1. The van der Waals surface area contributed by atoms with E-state index in [0.29, 0.717) is 38.6 Å². The number of carbonyl (C=O) groups is 1. The predicted octanol–water partition coefficient (Wildman–Crippen LogP) is 6.69. The Labute approximate surface area is 216 Å². The molecule has 2 aromatic heterocycles. The Bertz CT molecular complexity index is 1210. The first-order valence-electron chi connectivity index (χ1n) is 10.9. The number of rotatable bonds is 6. The van der Waals surface area contributed by atoms with Crippen LogP contribution in [0, 0.1) is 5.82 Å². The van der Waals surface area contributed by atoms with Gasteiger partial charge in [-0.1, -0.05) is 35.7 Å². The summed E-state index contributed by atoms with van der Waals surface area (Å²) in [6.45, 7) is 2.19. The topological polar surface area (TPSA) is 68.2 Å². The van der Waals surface area contributed by atoms with Crippen LogP contribution >= 0.6 is 46.8 Å². The number of thiophene rings is 1. The number of halogens is 3. The van der Waals surface area contributed by atoms with Crippen molar-refractivity contribution in [2.24, 2.45) is 0 Å². The number of benzene rings is 1. The summed E-state index contributed by atoms with van der Waals surface area (Å²) in [5.74, 6) is -0.464. The van der Waals surface area contributed by atoms with Crippen molar-refractivity contribution in [2.75, 3.05) is 17.2 Å². The summed E-state index contributed by atoms with van der Waals surface area (Å²) in [6.07, 6.45) is 6.62. The monoisotopic (exact) mass is 540 g/mol. The van der Waals surface area contributed by atoms with Crippen molar-refractivity contribution in [3.63, 3.8) is 0 Å². The van der Waals surface area contributed by atoms with E-state index in [4.69, 9.17) is 40.2 Å². The summed E-state index contributed by atoms with van der Waals surface area (Å²) in [5, 5.41) is 12.0. The number of ether oxygens (including phenoxy) is 1.